The molecule has 27 heavy (non-hydrogen) atoms. The monoisotopic (exact) mass is 364 g/mol. The van der Waals surface area contributed by atoms with Gasteiger partial charge >= 0.3 is 0 Å². The number of rotatable bonds is 2. The van der Waals surface area contributed by atoms with Crippen molar-refractivity contribution in [3.63, 3.8) is 0 Å². The van der Waals surface area contributed by atoms with Gasteiger partial charge < -0.3 is 9.80 Å². The highest BCUT2D eigenvalue weighted by molar-refractivity contribution is 5.87. The van der Waals surface area contributed by atoms with Gasteiger partial charge in [0, 0.05) is 56.3 Å². The van der Waals surface area contributed by atoms with E-state index in [1.54, 1.807) is 6.33 Å². The molecule has 5 rings (SSSR count). The Hall–Kier alpha value is -2.77. The van der Waals surface area contributed by atoms with Crippen molar-refractivity contribution in [3.05, 3.63) is 29.6 Å². The Bertz CT molecular complexity index is 1010. The first-order valence-electron chi connectivity index (χ1n) is 9.45. The molecule has 2 saturated heterocycles. The number of hydrogen-bond acceptors (Lipinski definition) is 7. The molecule has 8 nitrogen and oxygen atoms in total. The number of hydrogen-bond donors (Lipinski definition) is 0. The highest BCUT2D eigenvalue weighted by atomic mass is 15.3. The maximum atomic E-state index is 4.75. The van der Waals surface area contributed by atoms with Gasteiger partial charge in [0.25, 0.3) is 0 Å². The molecule has 3 aromatic heterocycles. The standard InChI is InChI=1S/C19H24N8/c1-11-12(2)20-10-21-17(11)26-6-14-8-27(9-15(14)7-26)19-16-5-22-25(4)18(16)23-13(3)24-19/h5,10,14-15H,6-9H2,1-4H3. The molecule has 0 saturated carbocycles. The highest BCUT2D eigenvalue weighted by Gasteiger charge is 2.41. The van der Waals surface area contributed by atoms with Gasteiger partial charge in [0.2, 0.25) is 0 Å². The zero-order chi connectivity index (χ0) is 18.7. The third-order valence-corrected chi connectivity index (χ3v) is 6.08. The first-order valence-corrected chi connectivity index (χ1v) is 9.45. The molecule has 140 valence electrons. The van der Waals surface area contributed by atoms with Crippen LogP contribution in [0.2, 0.25) is 0 Å². The van der Waals surface area contributed by atoms with Crippen LogP contribution in [0.4, 0.5) is 11.6 Å². The molecule has 2 unspecified atom stereocenters. The van der Waals surface area contributed by atoms with Crippen LogP contribution in [0, 0.1) is 32.6 Å². The average molecular weight is 364 g/mol. The van der Waals surface area contributed by atoms with Crippen molar-refractivity contribution >= 4 is 22.7 Å². The van der Waals surface area contributed by atoms with Crippen LogP contribution < -0.4 is 9.80 Å². The summed E-state index contributed by atoms with van der Waals surface area (Å²) in [7, 11) is 1.93. The number of nitrogens with zero attached hydrogens (tertiary/aromatic N) is 8. The summed E-state index contributed by atoms with van der Waals surface area (Å²) in [6.07, 6.45) is 3.57. The lowest BCUT2D eigenvalue weighted by Gasteiger charge is -2.24. The van der Waals surface area contributed by atoms with E-state index in [9.17, 15) is 0 Å². The average Bonchev–Trinajstić information content (AvgIpc) is 3.30. The quantitative estimate of drug-likeness (QED) is 0.684. The van der Waals surface area contributed by atoms with E-state index in [0.717, 1.165) is 60.4 Å². The van der Waals surface area contributed by atoms with E-state index in [0.29, 0.717) is 11.8 Å². The van der Waals surface area contributed by atoms with Crippen molar-refractivity contribution in [3.8, 4) is 0 Å². The predicted molar refractivity (Wildman–Crippen MR) is 104 cm³/mol. The minimum atomic E-state index is 0.627. The van der Waals surface area contributed by atoms with Crippen LogP contribution >= 0.6 is 0 Å². The SMILES string of the molecule is Cc1nc(N2CC3CN(c4ncnc(C)c4C)CC3C2)c2cnn(C)c2n1. The third kappa shape index (κ3) is 2.54. The van der Waals surface area contributed by atoms with Crippen LogP contribution in [0.5, 0.6) is 0 Å². The third-order valence-electron chi connectivity index (χ3n) is 6.08. The van der Waals surface area contributed by atoms with Gasteiger partial charge in [-0.25, -0.2) is 19.9 Å². The summed E-state index contributed by atoms with van der Waals surface area (Å²) in [4.78, 5) is 23.0. The van der Waals surface area contributed by atoms with Crippen molar-refractivity contribution < 1.29 is 0 Å². The Labute approximate surface area is 158 Å². The second-order valence-electron chi connectivity index (χ2n) is 7.84. The van der Waals surface area contributed by atoms with E-state index in [-0.39, 0.29) is 0 Å². The lowest BCUT2D eigenvalue weighted by molar-refractivity contribution is 0.533. The van der Waals surface area contributed by atoms with E-state index >= 15 is 0 Å². The molecule has 2 aliphatic rings. The summed E-state index contributed by atoms with van der Waals surface area (Å²) in [6.45, 7) is 10.2. The largest absolute Gasteiger partial charge is 0.356 e. The summed E-state index contributed by atoms with van der Waals surface area (Å²) in [6, 6.07) is 0. The van der Waals surface area contributed by atoms with Crippen LogP contribution in [-0.2, 0) is 7.05 Å². The van der Waals surface area contributed by atoms with Gasteiger partial charge in [0.15, 0.2) is 5.65 Å². The van der Waals surface area contributed by atoms with Crippen molar-refractivity contribution in [2.24, 2.45) is 18.9 Å². The Morgan fingerprint density at radius 3 is 2.26 bits per heavy atom. The Kier molecular flexibility index (Phi) is 3.57. The first-order chi connectivity index (χ1) is 13.0. The molecule has 5 heterocycles. The van der Waals surface area contributed by atoms with Crippen LogP contribution in [0.3, 0.4) is 0 Å². The number of fused-ring (bicyclic) bond motifs is 2. The second-order valence-corrected chi connectivity index (χ2v) is 7.84. The van der Waals surface area contributed by atoms with Crippen molar-refractivity contribution in [2.45, 2.75) is 20.8 Å². The van der Waals surface area contributed by atoms with Gasteiger partial charge in [-0.2, -0.15) is 5.10 Å². The fourth-order valence-electron chi connectivity index (χ4n) is 4.54. The minimum absolute atomic E-state index is 0.627. The fraction of sp³-hybridized carbons (Fsp3) is 0.526. The Morgan fingerprint density at radius 2 is 1.56 bits per heavy atom. The van der Waals surface area contributed by atoms with E-state index in [1.165, 1.54) is 5.56 Å². The molecule has 0 bridgehead atoms. The number of aryl methyl sites for hydroxylation is 3. The number of anilines is 2. The van der Waals surface area contributed by atoms with Crippen molar-refractivity contribution in [2.75, 3.05) is 36.0 Å². The molecule has 0 aromatic carbocycles. The Morgan fingerprint density at radius 1 is 0.889 bits per heavy atom. The van der Waals surface area contributed by atoms with E-state index in [4.69, 9.17) is 4.98 Å². The summed E-state index contributed by atoms with van der Waals surface area (Å²) in [5.74, 6) is 4.17. The smallest absolute Gasteiger partial charge is 0.163 e. The van der Waals surface area contributed by atoms with E-state index in [1.807, 2.05) is 24.9 Å². The van der Waals surface area contributed by atoms with Gasteiger partial charge in [-0.15, -0.1) is 0 Å². The maximum Gasteiger partial charge on any atom is 0.163 e. The molecule has 8 heteroatoms. The molecule has 2 aliphatic heterocycles. The summed E-state index contributed by atoms with van der Waals surface area (Å²) >= 11 is 0. The summed E-state index contributed by atoms with van der Waals surface area (Å²) in [5.41, 5.74) is 3.16. The molecule has 0 aliphatic carbocycles. The van der Waals surface area contributed by atoms with Crippen LogP contribution in [0.1, 0.15) is 17.1 Å². The van der Waals surface area contributed by atoms with E-state index < -0.39 is 0 Å². The summed E-state index contributed by atoms with van der Waals surface area (Å²) < 4.78 is 1.83. The zero-order valence-electron chi connectivity index (χ0n) is 16.2. The molecule has 0 spiro atoms. The molecule has 0 N–H and O–H groups in total. The van der Waals surface area contributed by atoms with Crippen molar-refractivity contribution in [1.29, 1.82) is 0 Å². The minimum Gasteiger partial charge on any atom is -0.356 e. The second kappa shape index (κ2) is 5.87. The fourth-order valence-corrected chi connectivity index (χ4v) is 4.54. The normalized spacial score (nSPS) is 22.1. The van der Waals surface area contributed by atoms with Crippen LogP contribution in [0.15, 0.2) is 12.5 Å². The molecule has 3 aromatic rings. The van der Waals surface area contributed by atoms with Gasteiger partial charge in [0.1, 0.15) is 23.8 Å². The molecular weight excluding hydrogens is 340 g/mol. The zero-order valence-corrected chi connectivity index (χ0v) is 16.2. The van der Waals surface area contributed by atoms with Gasteiger partial charge in [-0.3, -0.25) is 4.68 Å². The maximum absolute atomic E-state index is 4.75. The van der Waals surface area contributed by atoms with Gasteiger partial charge in [0.05, 0.1) is 11.6 Å². The van der Waals surface area contributed by atoms with Gasteiger partial charge in [-0.05, 0) is 20.8 Å². The molecule has 2 fully saturated rings. The van der Waals surface area contributed by atoms with Crippen molar-refractivity contribution in [1.82, 2.24) is 29.7 Å². The van der Waals surface area contributed by atoms with Crippen LogP contribution in [-0.4, -0.2) is 55.9 Å². The van der Waals surface area contributed by atoms with Gasteiger partial charge in [-0.1, -0.05) is 0 Å². The highest BCUT2D eigenvalue weighted by Crippen LogP contribution is 2.37. The molecule has 2 atom stereocenters. The topological polar surface area (TPSA) is 75.9 Å². The predicted octanol–water partition coefficient (Wildman–Crippen LogP) is 1.65. The lowest BCUT2D eigenvalue weighted by Crippen LogP contribution is -2.30. The Balaban J connectivity index is 1.40. The van der Waals surface area contributed by atoms with E-state index in [2.05, 4.69) is 43.7 Å². The lowest BCUT2D eigenvalue weighted by atomic mass is 10.0. The number of aromatic nitrogens is 6. The summed E-state index contributed by atoms with van der Waals surface area (Å²) in [5, 5.41) is 5.42. The molecular formula is C19H24N8. The molecule has 0 radical (unpaired) electrons. The first kappa shape index (κ1) is 16.4. The van der Waals surface area contributed by atoms with Crippen LogP contribution in [0.25, 0.3) is 11.0 Å². The molecule has 0 amide bonds.